The van der Waals surface area contributed by atoms with Crippen molar-refractivity contribution in [2.75, 3.05) is 19.5 Å². The van der Waals surface area contributed by atoms with Crippen molar-refractivity contribution in [3.8, 4) is 17.2 Å². The number of carbonyl (C=O) groups excluding carboxylic acids is 1. The molecule has 8 heteroatoms. The smallest absolute Gasteiger partial charge is 0.248 e. The fraction of sp³-hybridized carbons (Fsp3) is 0.105. The molecule has 0 aliphatic carbocycles. The van der Waals surface area contributed by atoms with E-state index in [2.05, 4.69) is 15.4 Å². The molecule has 1 N–H and O–H groups in total. The van der Waals surface area contributed by atoms with Crippen molar-refractivity contribution in [1.82, 2.24) is 14.8 Å². The van der Waals surface area contributed by atoms with Crippen molar-refractivity contribution >= 4 is 17.7 Å². The maximum atomic E-state index is 14.2. The zero-order chi connectivity index (χ0) is 19.2. The van der Waals surface area contributed by atoms with E-state index in [1.54, 1.807) is 37.5 Å². The largest absolute Gasteiger partial charge is 0.493 e. The first-order chi connectivity index (χ1) is 13.1. The predicted octanol–water partition coefficient (Wildman–Crippen LogP) is 3.08. The summed E-state index contributed by atoms with van der Waals surface area (Å²) < 4.78 is 25.9. The first kappa shape index (κ1) is 18.1. The second kappa shape index (κ2) is 8.13. The molecule has 0 unspecified atom stereocenters. The lowest BCUT2D eigenvalue weighted by atomic mass is 10.2. The van der Waals surface area contributed by atoms with E-state index in [4.69, 9.17) is 9.47 Å². The Labute approximate surface area is 155 Å². The number of amides is 1. The number of carbonyl (C=O) groups is 1. The summed E-state index contributed by atoms with van der Waals surface area (Å²) in [5.74, 6) is 0.243. The van der Waals surface area contributed by atoms with Crippen LogP contribution in [0.3, 0.4) is 0 Å². The van der Waals surface area contributed by atoms with Gasteiger partial charge in [0.1, 0.15) is 18.3 Å². The maximum Gasteiger partial charge on any atom is 0.248 e. The van der Waals surface area contributed by atoms with Crippen LogP contribution in [0.25, 0.3) is 11.8 Å². The number of rotatable bonds is 6. The number of hydrogen-bond donors (Lipinski definition) is 1. The summed E-state index contributed by atoms with van der Waals surface area (Å²) >= 11 is 0. The molecule has 0 saturated carbocycles. The van der Waals surface area contributed by atoms with Gasteiger partial charge in [0.2, 0.25) is 5.91 Å². The van der Waals surface area contributed by atoms with Crippen LogP contribution in [0.5, 0.6) is 11.5 Å². The van der Waals surface area contributed by atoms with E-state index in [0.29, 0.717) is 17.2 Å². The predicted molar refractivity (Wildman–Crippen MR) is 98.5 cm³/mol. The Morgan fingerprint density at radius 2 is 1.96 bits per heavy atom. The third kappa shape index (κ3) is 4.30. The van der Waals surface area contributed by atoms with E-state index >= 15 is 0 Å². The zero-order valence-corrected chi connectivity index (χ0v) is 14.7. The lowest BCUT2D eigenvalue weighted by molar-refractivity contribution is -0.111. The number of ether oxygens (including phenoxy) is 2. The normalized spacial score (nSPS) is 10.8. The van der Waals surface area contributed by atoms with Crippen molar-refractivity contribution in [3.63, 3.8) is 0 Å². The number of nitrogens with one attached hydrogen (secondary N) is 1. The van der Waals surface area contributed by atoms with Gasteiger partial charge < -0.3 is 14.8 Å². The molecule has 0 atom stereocenters. The van der Waals surface area contributed by atoms with Crippen LogP contribution >= 0.6 is 0 Å². The van der Waals surface area contributed by atoms with Crippen LogP contribution in [0, 0.1) is 5.82 Å². The monoisotopic (exact) mass is 368 g/mol. The van der Waals surface area contributed by atoms with E-state index in [1.165, 1.54) is 42.7 Å². The van der Waals surface area contributed by atoms with E-state index in [9.17, 15) is 9.18 Å². The SMILES string of the molecule is COc1ccc(C=CC(=O)Nc2ccc(-n3cncn3)c(F)c2)cc1OC. The number of halogens is 1. The van der Waals surface area contributed by atoms with Crippen molar-refractivity contribution in [2.45, 2.75) is 0 Å². The van der Waals surface area contributed by atoms with Crippen LogP contribution in [-0.2, 0) is 4.79 Å². The Morgan fingerprint density at radius 3 is 2.63 bits per heavy atom. The summed E-state index contributed by atoms with van der Waals surface area (Å²) in [7, 11) is 3.09. The Kier molecular flexibility index (Phi) is 5.46. The van der Waals surface area contributed by atoms with Crippen molar-refractivity contribution in [1.29, 1.82) is 0 Å². The van der Waals surface area contributed by atoms with Gasteiger partial charge in [0.05, 0.1) is 14.2 Å². The van der Waals surface area contributed by atoms with Crippen LogP contribution in [-0.4, -0.2) is 34.9 Å². The zero-order valence-electron chi connectivity index (χ0n) is 14.7. The average Bonchev–Trinajstić information content (AvgIpc) is 3.20. The molecule has 1 amide bonds. The standard InChI is InChI=1S/C19H17FN4O3/c1-26-17-7-3-13(9-18(17)27-2)4-8-19(25)23-14-5-6-16(15(20)10-14)24-12-21-11-22-24/h3-12H,1-2H3,(H,23,25). The molecule has 7 nitrogen and oxygen atoms in total. The molecule has 1 aromatic heterocycles. The number of nitrogens with zero attached hydrogens (tertiary/aromatic N) is 3. The molecule has 0 aliphatic heterocycles. The summed E-state index contributed by atoms with van der Waals surface area (Å²) in [4.78, 5) is 15.9. The van der Waals surface area contributed by atoms with E-state index in [0.717, 1.165) is 5.56 Å². The summed E-state index contributed by atoms with van der Waals surface area (Å²) in [5.41, 5.74) is 1.33. The Bertz CT molecular complexity index is 971. The van der Waals surface area contributed by atoms with Crippen molar-refractivity contribution < 1.29 is 18.7 Å². The van der Waals surface area contributed by atoms with Gasteiger partial charge in [-0.15, -0.1) is 0 Å². The first-order valence-electron chi connectivity index (χ1n) is 7.96. The molecule has 2 aromatic carbocycles. The van der Waals surface area contributed by atoms with Gasteiger partial charge in [0.15, 0.2) is 17.3 Å². The topological polar surface area (TPSA) is 78.3 Å². The van der Waals surface area contributed by atoms with Gasteiger partial charge in [-0.1, -0.05) is 6.07 Å². The molecule has 0 aliphatic rings. The molecule has 0 saturated heterocycles. The number of aromatic nitrogens is 3. The summed E-state index contributed by atoms with van der Waals surface area (Å²) in [6, 6.07) is 9.60. The van der Waals surface area contributed by atoms with Crippen LogP contribution in [0.4, 0.5) is 10.1 Å². The summed E-state index contributed by atoms with van der Waals surface area (Å²) in [5, 5.41) is 6.48. The molecule has 0 spiro atoms. The molecule has 0 bridgehead atoms. The Morgan fingerprint density at radius 1 is 1.15 bits per heavy atom. The third-order valence-electron chi connectivity index (χ3n) is 3.72. The fourth-order valence-electron chi connectivity index (χ4n) is 2.42. The third-order valence-corrected chi connectivity index (χ3v) is 3.72. The molecule has 0 fully saturated rings. The molecular formula is C19H17FN4O3. The molecule has 0 radical (unpaired) electrons. The van der Waals surface area contributed by atoms with E-state index in [1.807, 2.05) is 0 Å². The van der Waals surface area contributed by atoms with Crippen molar-refractivity contribution in [3.05, 3.63) is 66.5 Å². The minimum absolute atomic E-state index is 0.242. The molecular weight excluding hydrogens is 351 g/mol. The van der Waals surface area contributed by atoms with Gasteiger partial charge in [-0.25, -0.2) is 14.1 Å². The van der Waals surface area contributed by atoms with Gasteiger partial charge in [0.25, 0.3) is 0 Å². The second-order valence-electron chi connectivity index (χ2n) is 5.44. The highest BCUT2D eigenvalue weighted by atomic mass is 19.1. The van der Waals surface area contributed by atoms with Crippen LogP contribution in [0.1, 0.15) is 5.56 Å². The minimum atomic E-state index is -0.526. The Balaban J connectivity index is 1.69. The highest BCUT2D eigenvalue weighted by Gasteiger charge is 2.08. The van der Waals surface area contributed by atoms with Crippen molar-refractivity contribution in [2.24, 2.45) is 0 Å². The minimum Gasteiger partial charge on any atom is -0.493 e. The lowest BCUT2D eigenvalue weighted by Gasteiger charge is -2.08. The van der Waals surface area contributed by atoms with Gasteiger partial charge in [-0.3, -0.25) is 4.79 Å². The van der Waals surface area contributed by atoms with Crippen LogP contribution < -0.4 is 14.8 Å². The quantitative estimate of drug-likeness (QED) is 0.677. The van der Waals surface area contributed by atoms with E-state index < -0.39 is 11.7 Å². The maximum absolute atomic E-state index is 14.2. The second-order valence-corrected chi connectivity index (χ2v) is 5.44. The molecule has 27 heavy (non-hydrogen) atoms. The number of benzene rings is 2. The highest BCUT2D eigenvalue weighted by molar-refractivity contribution is 6.02. The van der Waals surface area contributed by atoms with Crippen LogP contribution in [0.15, 0.2) is 55.1 Å². The van der Waals surface area contributed by atoms with Gasteiger partial charge >= 0.3 is 0 Å². The Hall–Kier alpha value is -3.68. The lowest BCUT2D eigenvalue weighted by Crippen LogP contribution is -2.08. The molecule has 138 valence electrons. The summed E-state index contributed by atoms with van der Waals surface area (Å²) in [6.07, 6.45) is 5.68. The highest BCUT2D eigenvalue weighted by Crippen LogP contribution is 2.28. The van der Waals surface area contributed by atoms with Gasteiger partial charge in [-0.2, -0.15) is 5.10 Å². The van der Waals surface area contributed by atoms with Crippen LogP contribution in [0.2, 0.25) is 0 Å². The average molecular weight is 368 g/mol. The number of anilines is 1. The molecule has 3 rings (SSSR count). The first-order valence-corrected chi connectivity index (χ1v) is 7.96. The van der Waals surface area contributed by atoms with Gasteiger partial charge in [0, 0.05) is 11.8 Å². The van der Waals surface area contributed by atoms with Gasteiger partial charge in [-0.05, 0) is 42.0 Å². The summed E-state index contributed by atoms with van der Waals surface area (Å²) in [6.45, 7) is 0. The molecule has 1 heterocycles. The fourth-order valence-corrected chi connectivity index (χ4v) is 2.42. The molecule has 3 aromatic rings. The number of methoxy groups -OCH3 is 2. The van der Waals surface area contributed by atoms with E-state index in [-0.39, 0.29) is 5.69 Å². The number of hydrogen-bond acceptors (Lipinski definition) is 5.